The van der Waals surface area contributed by atoms with E-state index in [9.17, 15) is 18.4 Å². The van der Waals surface area contributed by atoms with Crippen molar-refractivity contribution in [3.63, 3.8) is 0 Å². The quantitative estimate of drug-likeness (QED) is 0.681. The third-order valence-corrected chi connectivity index (χ3v) is 4.61. The van der Waals surface area contributed by atoms with Crippen LogP contribution in [-0.4, -0.2) is 30.2 Å². The van der Waals surface area contributed by atoms with Gasteiger partial charge in [0.2, 0.25) is 0 Å². The highest BCUT2D eigenvalue weighted by atomic mass is 19.4. The van der Waals surface area contributed by atoms with Gasteiger partial charge in [0.05, 0.1) is 17.9 Å². The topological polar surface area (TPSA) is 27.0 Å². The van der Waals surface area contributed by atoms with Crippen LogP contribution in [0.1, 0.15) is 44.9 Å². The third-order valence-electron chi connectivity index (χ3n) is 4.61. The summed E-state index contributed by atoms with van der Waals surface area (Å²) in [6.07, 6.45) is 1.53. The normalized spacial score (nSPS) is 31.7. The van der Waals surface area contributed by atoms with Crippen molar-refractivity contribution < 1.29 is 13.2 Å². The monoisotopic (exact) mass is 274 g/mol. The first-order valence-electron chi connectivity index (χ1n) is 7.22. The molecular weight excluding hydrogens is 253 g/mol. The van der Waals surface area contributed by atoms with Crippen molar-refractivity contribution in [3.05, 3.63) is 0 Å². The van der Waals surface area contributed by atoms with Crippen LogP contribution in [0.2, 0.25) is 0 Å². The Labute approximate surface area is 112 Å². The molecule has 0 aromatic rings. The molecule has 1 saturated heterocycles. The molecule has 0 spiro atoms. The molecule has 1 heterocycles. The van der Waals surface area contributed by atoms with Crippen molar-refractivity contribution in [1.29, 1.82) is 5.26 Å². The van der Waals surface area contributed by atoms with Crippen LogP contribution in [0.5, 0.6) is 0 Å². The second kappa shape index (κ2) is 6.13. The Hall–Kier alpha value is -0.760. The molecule has 108 valence electrons. The van der Waals surface area contributed by atoms with Crippen molar-refractivity contribution in [1.82, 2.24) is 4.90 Å². The third kappa shape index (κ3) is 3.62. The molecule has 2 aliphatic rings. The van der Waals surface area contributed by atoms with Crippen LogP contribution in [-0.2, 0) is 0 Å². The maximum Gasteiger partial charge on any atom is 0.391 e. The predicted octanol–water partition coefficient (Wildman–Crippen LogP) is 3.73. The van der Waals surface area contributed by atoms with Gasteiger partial charge >= 0.3 is 6.18 Å². The summed E-state index contributed by atoms with van der Waals surface area (Å²) in [7, 11) is 0. The van der Waals surface area contributed by atoms with Crippen molar-refractivity contribution in [2.24, 2.45) is 11.8 Å². The zero-order chi connectivity index (χ0) is 13.9. The highest BCUT2D eigenvalue weighted by Gasteiger charge is 2.42. The molecule has 2 fully saturated rings. The van der Waals surface area contributed by atoms with Gasteiger partial charge in [0, 0.05) is 6.04 Å². The minimum atomic E-state index is -4.05. The fraction of sp³-hybridized carbons (Fsp3) is 0.929. The van der Waals surface area contributed by atoms with Gasteiger partial charge in [-0.25, -0.2) is 0 Å². The molecule has 5 heteroatoms. The molecule has 2 atom stereocenters. The smallest absolute Gasteiger partial charge is 0.299 e. The molecule has 2 rings (SSSR count). The number of nitrogens with zero attached hydrogens (tertiary/aromatic N) is 2. The fourth-order valence-electron chi connectivity index (χ4n) is 3.43. The van der Waals surface area contributed by atoms with Crippen molar-refractivity contribution in [2.45, 2.75) is 57.2 Å². The average molecular weight is 274 g/mol. The lowest BCUT2D eigenvalue weighted by atomic mass is 9.90. The molecule has 19 heavy (non-hydrogen) atoms. The number of nitriles is 1. The Morgan fingerprint density at radius 1 is 0.947 bits per heavy atom. The summed E-state index contributed by atoms with van der Waals surface area (Å²) in [4.78, 5) is 2.14. The van der Waals surface area contributed by atoms with Crippen molar-refractivity contribution in [2.75, 3.05) is 13.1 Å². The molecule has 0 aromatic carbocycles. The lowest BCUT2D eigenvalue weighted by Crippen LogP contribution is -2.46. The standard InChI is InChI=1S/C14H21F3N2/c15-14(16,17)12-6-8-19(9-7-12)13-5-3-1-2-4-11(13)10-18/h11-13H,1-9H2. The van der Waals surface area contributed by atoms with Gasteiger partial charge in [-0.1, -0.05) is 19.3 Å². The molecule has 0 amide bonds. The predicted molar refractivity (Wildman–Crippen MR) is 66.3 cm³/mol. The van der Waals surface area contributed by atoms with Gasteiger partial charge in [0.1, 0.15) is 0 Å². The van der Waals surface area contributed by atoms with Crippen LogP contribution in [0.4, 0.5) is 13.2 Å². The Bertz CT molecular complexity index is 327. The summed E-state index contributed by atoms with van der Waals surface area (Å²) in [5, 5.41) is 9.24. The largest absolute Gasteiger partial charge is 0.391 e. The van der Waals surface area contributed by atoms with Crippen molar-refractivity contribution in [3.8, 4) is 6.07 Å². The van der Waals surface area contributed by atoms with Crippen LogP contribution in [0, 0.1) is 23.2 Å². The van der Waals surface area contributed by atoms with Crippen LogP contribution < -0.4 is 0 Å². The number of likely N-dealkylation sites (tertiary alicyclic amines) is 1. The maximum absolute atomic E-state index is 12.6. The number of hydrogen-bond donors (Lipinski definition) is 0. The number of hydrogen-bond acceptors (Lipinski definition) is 2. The van der Waals surface area contributed by atoms with Crippen LogP contribution in [0.3, 0.4) is 0 Å². The van der Waals surface area contributed by atoms with Gasteiger partial charge in [0.25, 0.3) is 0 Å². The van der Waals surface area contributed by atoms with E-state index in [0.717, 1.165) is 32.1 Å². The van der Waals surface area contributed by atoms with E-state index < -0.39 is 12.1 Å². The molecule has 0 bridgehead atoms. The molecular formula is C14H21F3N2. The van der Waals surface area contributed by atoms with Gasteiger partial charge in [0.15, 0.2) is 0 Å². The van der Waals surface area contributed by atoms with Crippen LogP contribution >= 0.6 is 0 Å². The van der Waals surface area contributed by atoms with E-state index in [-0.39, 0.29) is 24.8 Å². The van der Waals surface area contributed by atoms with E-state index in [2.05, 4.69) is 11.0 Å². The molecule has 0 aromatic heterocycles. The molecule has 2 nitrogen and oxygen atoms in total. The van der Waals surface area contributed by atoms with E-state index in [1.807, 2.05) is 0 Å². The lowest BCUT2D eigenvalue weighted by Gasteiger charge is -2.39. The summed E-state index contributed by atoms with van der Waals surface area (Å²) in [6, 6.07) is 2.55. The first-order chi connectivity index (χ1) is 9.02. The number of rotatable bonds is 1. The Morgan fingerprint density at radius 2 is 1.58 bits per heavy atom. The summed E-state index contributed by atoms with van der Waals surface area (Å²) in [5.41, 5.74) is 0. The van der Waals surface area contributed by atoms with Crippen molar-refractivity contribution >= 4 is 0 Å². The molecule has 1 aliphatic heterocycles. The number of alkyl halides is 3. The van der Waals surface area contributed by atoms with Gasteiger partial charge in [-0.2, -0.15) is 18.4 Å². The Balaban J connectivity index is 1.94. The fourth-order valence-corrected chi connectivity index (χ4v) is 3.43. The van der Waals surface area contributed by atoms with E-state index >= 15 is 0 Å². The SMILES string of the molecule is N#CC1CCCCCC1N1CCC(C(F)(F)F)CC1. The summed E-state index contributed by atoms with van der Waals surface area (Å²) in [5.74, 6) is -1.14. The summed E-state index contributed by atoms with van der Waals surface area (Å²) < 4.78 is 37.9. The average Bonchev–Trinajstić information content (AvgIpc) is 2.62. The second-order valence-corrected chi connectivity index (χ2v) is 5.79. The molecule has 1 aliphatic carbocycles. The number of halogens is 3. The van der Waals surface area contributed by atoms with Gasteiger partial charge < -0.3 is 0 Å². The first kappa shape index (κ1) is 14.6. The molecule has 1 saturated carbocycles. The maximum atomic E-state index is 12.6. The van der Waals surface area contributed by atoms with Gasteiger partial charge in [-0.05, 0) is 38.8 Å². The summed E-state index contributed by atoms with van der Waals surface area (Å²) in [6.45, 7) is 0.986. The minimum Gasteiger partial charge on any atom is -0.299 e. The Kier molecular flexibility index (Phi) is 4.72. The minimum absolute atomic E-state index is 0.00457. The van der Waals surface area contributed by atoms with Crippen LogP contribution in [0.25, 0.3) is 0 Å². The highest BCUT2D eigenvalue weighted by molar-refractivity contribution is 4.96. The second-order valence-electron chi connectivity index (χ2n) is 5.79. The molecule has 2 unspecified atom stereocenters. The highest BCUT2D eigenvalue weighted by Crippen LogP contribution is 2.36. The zero-order valence-electron chi connectivity index (χ0n) is 11.1. The van der Waals surface area contributed by atoms with E-state index in [0.29, 0.717) is 13.1 Å². The Morgan fingerprint density at radius 3 is 2.16 bits per heavy atom. The number of piperidine rings is 1. The van der Waals surface area contributed by atoms with Gasteiger partial charge in [-0.15, -0.1) is 0 Å². The molecule has 0 radical (unpaired) electrons. The van der Waals surface area contributed by atoms with E-state index in [4.69, 9.17) is 0 Å². The van der Waals surface area contributed by atoms with E-state index in [1.54, 1.807) is 0 Å². The molecule has 0 N–H and O–H groups in total. The zero-order valence-corrected chi connectivity index (χ0v) is 11.1. The first-order valence-corrected chi connectivity index (χ1v) is 7.22. The van der Waals surface area contributed by atoms with Crippen LogP contribution in [0.15, 0.2) is 0 Å². The summed E-state index contributed by atoms with van der Waals surface area (Å²) >= 11 is 0. The van der Waals surface area contributed by atoms with Gasteiger partial charge in [-0.3, -0.25) is 4.90 Å². The van der Waals surface area contributed by atoms with E-state index in [1.165, 1.54) is 0 Å². The lowest BCUT2D eigenvalue weighted by molar-refractivity contribution is -0.186.